The Hall–Kier alpha value is -3.48. The van der Waals surface area contributed by atoms with E-state index in [4.69, 9.17) is 5.11 Å². The van der Waals surface area contributed by atoms with Gasteiger partial charge < -0.3 is 15.4 Å². The van der Waals surface area contributed by atoms with Gasteiger partial charge >= 0.3 is 5.97 Å². The maximum atomic E-state index is 14.3. The molecule has 4 rings (SSSR count). The van der Waals surface area contributed by atoms with E-state index in [1.54, 1.807) is 24.3 Å². The molecule has 1 aliphatic rings. The van der Waals surface area contributed by atoms with E-state index in [1.165, 1.54) is 12.1 Å². The number of hydrogen-bond donors (Lipinski definition) is 3. The molecule has 0 atom stereocenters. The van der Waals surface area contributed by atoms with Crippen LogP contribution < -0.4 is 5.32 Å². The van der Waals surface area contributed by atoms with E-state index in [0.717, 1.165) is 11.9 Å². The number of amides is 1. The number of hydrogen-bond acceptors (Lipinski definition) is 3. The van der Waals surface area contributed by atoms with Crippen LogP contribution in [-0.4, -0.2) is 33.5 Å². The number of carboxylic acid groups (broad SMARTS) is 1. The average Bonchev–Trinajstić information content (AvgIpc) is 3.08. The van der Waals surface area contributed by atoms with Gasteiger partial charge in [0.2, 0.25) is 0 Å². The molecular weight excluding hydrogens is 337 g/mol. The summed E-state index contributed by atoms with van der Waals surface area (Å²) in [6.07, 6.45) is 1.78. The zero-order valence-electron chi connectivity index (χ0n) is 13.5. The fourth-order valence-corrected chi connectivity index (χ4v) is 3.03. The van der Waals surface area contributed by atoms with Crippen molar-refractivity contribution in [1.29, 1.82) is 0 Å². The molecule has 0 aliphatic carbocycles. The minimum Gasteiger partial charge on any atom is -0.478 e. The number of nitrogens with one attached hydrogen (secondary N) is 2. The van der Waals surface area contributed by atoms with Crippen molar-refractivity contribution in [3.63, 3.8) is 0 Å². The van der Waals surface area contributed by atoms with Gasteiger partial charge in [0.25, 0.3) is 5.91 Å². The lowest BCUT2D eigenvalue weighted by Crippen LogP contribution is -2.31. The van der Waals surface area contributed by atoms with E-state index in [2.05, 4.69) is 15.3 Å². The largest absolute Gasteiger partial charge is 0.478 e. The number of nitrogens with zero attached hydrogens (tertiary/aromatic N) is 1. The Morgan fingerprint density at radius 2 is 1.92 bits per heavy atom. The summed E-state index contributed by atoms with van der Waals surface area (Å²) in [6.45, 7) is 0.547. The highest BCUT2D eigenvalue weighted by molar-refractivity contribution is 5.97. The molecule has 130 valence electrons. The molecule has 3 N–H and O–H groups in total. The molecule has 3 aromatic rings. The van der Waals surface area contributed by atoms with Crippen molar-refractivity contribution < 1.29 is 19.1 Å². The Bertz CT molecular complexity index is 1030. The third kappa shape index (κ3) is 2.73. The first kappa shape index (κ1) is 16.0. The highest BCUT2D eigenvalue weighted by atomic mass is 19.1. The lowest BCUT2D eigenvalue weighted by atomic mass is 10.0. The number of carbonyl (C=O) groups is 2. The van der Waals surface area contributed by atoms with Crippen molar-refractivity contribution in [3.05, 3.63) is 65.2 Å². The zero-order valence-corrected chi connectivity index (χ0v) is 13.5. The number of aromatic carboxylic acids is 1. The summed E-state index contributed by atoms with van der Waals surface area (Å²) < 4.78 is 14.3. The van der Waals surface area contributed by atoms with E-state index in [1.807, 2.05) is 0 Å². The second-order valence-corrected chi connectivity index (χ2v) is 6.01. The SMILES string of the molecule is O=C(O)c1ccc(-c2cc(-c3cc4c([nH]3)CCNC4=O)c(F)cn2)cc1. The second-order valence-electron chi connectivity index (χ2n) is 6.01. The predicted octanol–water partition coefficient (Wildman–Crippen LogP) is 2.87. The predicted molar refractivity (Wildman–Crippen MR) is 92.4 cm³/mol. The minimum absolute atomic E-state index is 0.166. The molecule has 0 unspecified atom stereocenters. The molecule has 0 fully saturated rings. The molecule has 3 heterocycles. The van der Waals surface area contributed by atoms with E-state index in [-0.39, 0.29) is 11.5 Å². The van der Waals surface area contributed by atoms with Crippen LogP contribution in [0.3, 0.4) is 0 Å². The quantitative estimate of drug-likeness (QED) is 0.676. The van der Waals surface area contributed by atoms with Gasteiger partial charge in [0.1, 0.15) is 0 Å². The summed E-state index contributed by atoms with van der Waals surface area (Å²) in [5, 5.41) is 11.7. The van der Waals surface area contributed by atoms with Crippen molar-refractivity contribution in [3.8, 4) is 22.5 Å². The lowest BCUT2D eigenvalue weighted by Gasteiger charge is -2.11. The molecule has 0 bridgehead atoms. The summed E-state index contributed by atoms with van der Waals surface area (Å²) in [7, 11) is 0. The molecule has 6 nitrogen and oxygen atoms in total. The summed E-state index contributed by atoms with van der Waals surface area (Å²) in [5.41, 5.74) is 3.47. The van der Waals surface area contributed by atoms with Crippen LogP contribution >= 0.6 is 0 Å². The lowest BCUT2D eigenvalue weighted by molar-refractivity contribution is 0.0696. The second kappa shape index (κ2) is 6.11. The van der Waals surface area contributed by atoms with E-state index >= 15 is 0 Å². The number of fused-ring (bicyclic) bond motifs is 1. The van der Waals surface area contributed by atoms with Crippen molar-refractivity contribution >= 4 is 11.9 Å². The topological polar surface area (TPSA) is 95.1 Å². The standard InChI is InChI=1S/C19H14FN3O3/c20-14-9-22-16(10-1-3-11(4-2-10)19(25)26)7-12(14)17-8-13-15(23-17)5-6-21-18(13)24/h1-4,7-9,23H,5-6H2,(H,21,24)(H,25,26). The van der Waals surface area contributed by atoms with E-state index < -0.39 is 11.8 Å². The Morgan fingerprint density at radius 3 is 2.62 bits per heavy atom. The summed E-state index contributed by atoms with van der Waals surface area (Å²) >= 11 is 0. The van der Waals surface area contributed by atoms with Crippen molar-refractivity contribution in [1.82, 2.24) is 15.3 Å². The molecule has 1 aromatic carbocycles. The van der Waals surface area contributed by atoms with Crippen molar-refractivity contribution in [2.75, 3.05) is 6.54 Å². The molecule has 1 aliphatic heterocycles. The zero-order chi connectivity index (χ0) is 18.3. The number of pyridine rings is 1. The summed E-state index contributed by atoms with van der Waals surface area (Å²) in [5.74, 6) is -1.69. The van der Waals surface area contributed by atoms with E-state index in [0.29, 0.717) is 41.0 Å². The Morgan fingerprint density at radius 1 is 1.15 bits per heavy atom. The van der Waals surface area contributed by atoms with Crippen LogP contribution in [-0.2, 0) is 6.42 Å². The van der Waals surface area contributed by atoms with Crippen LogP contribution in [0.25, 0.3) is 22.5 Å². The summed E-state index contributed by atoms with van der Waals surface area (Å²) in [6, 6.07) is 9.42. The number of carboxylic acids is 1. The molecule has 7 heteroatoms. The molecule has 0 saturated carbocycles. The molecular formula is C19H14FN3O3. The normalized spacial score (nSPS) is 13.2. The Labute approximate surface area is 147 Å². The third-order valence-electron chi connectivity index (χ3n) is 4.38. The average molecular weight is 351 g/mol. The number of H-pyrrole nitrogens is 1. The van der Waals surface area contributed by atoms with Gasteiger partial charge in [0.05, 0.1) is 23.0 Å². The van der Waals surface area contributed by atoms with Crippen LogP contribution in [0.4, 0.5) is 4.39 Å². The smallest absolute Gasteiger partial charge is 0.335 e. The van der Waals surface area contributed by atoms with Gasteiger partial charge in [0.15, 0.2) is 5.82 Å². The van der Waals surface area contributed by atoms with Gasteiger partial charge in [-0.3, -0.25) is 9.78 Å². The maximum absolute atomic E-state index is 14.3. The molecule has 2 aromatic heterocycles. The molecule has 1 amide bonds. The molecule has 0 spiro atoms. The first-order valence-corrected chi connectivity index (χ1v) is 8.02. The number of aromatic nitrogens is 2. The Kier molecular flexibility index (Phi) is 3.76. The molecule has 0 radical (unpaired) electrons. The fraction of sp³-hybridized carbons (Fsp3) is 0.105. The van der Waals surface area contributed by atoms with Crippen LogP contribution in [0.2, 0.25) is 0 Å². The monoisotopic (exact) mass is 351 g/mol. The van der Waals surface area contributed by atoms with Gasteiger partial charge in [-0.05, 0) is 24.3 Å². The molecule has 0 saturated heterocycles. The summed E-state index contributed by atoms with van der Waals surface area (Å²) in [4.78, 5) is 30.1. The number of aromatic amines is 1. The number of halogens is 1. The fourth-order valence-electron chi connectivity index (χ4n) is 3.03. The van der Waals surface area contributed by atoms with Gasteiger partial charge in [-0.25, -0.2) is 9.18 Å². The Balaban J connectivity index is 1.75. The van der Waals surface area contributed by atoms with Gasteiger partial charge in [-0.2, -0.15) is 0 Å². The van der Waals surface area contributed by atoms with Crippen LogP contribution in [0, 0.1) is 5.82 Å². The van der Waals surface area contributed by atoms with E-state index in [9.17, 15) is 14.0 Å². The van der Waals surface area contributed by atoms with Gasteiger partial charge in [-0.1, -0.05) is 12.1 Å². The molecule has 26 heavy (non-hydrogen) atoms. The van der Waals surface area contributed by atoms with Gasteiger partial charge in [0, 0.05) is 35.5 Å². The van der Waals surface area contributed by atoms with Crippen molar-refractivity contribution in [2.24, 2.45) is 0 Å². The number of benzene rings is 1. The van der Waals surface area contributed by atoms with Crippen LogP contribution in [0.5, 0.6) is 0 Å². The first-order chi connectivity index (χ1) is 12.5. The number of carbonyl (C=O) groups excluding carboxylic acids is 1. The highest BCUT2D eigenvalue weighted by Crippen LogP contribution is 2.29. The minimum atomic E-state index is -1.01. The van der Waals surface area contributed by atoms with Crippen LogP contribution in [0.1, 0.15) is 26.4 Å². The maximum Gasteiger partial charge on any atom is 0.335 e. The van der Waals surface area contributed by atoms with Crippen LogP contribution in [0.15, 0.2) is 42.6 Å². The first-order valence-electron chi connectivity index (χ1n) is 8.02. The highest BCUT2D eigenvalue weighted by Gasteiger charge is 2.21. The van der Waals surface area contributed by atoms with Crippen molar-refractivity contribution in [2.45, 2.75) is 6.42 Å². The third-order valence-corrected chi connectivity index (χ3v) is 4.38. The number of rotatable bonds is 3. The van der Waals surface area contributed by atoms with Gasteiger partial charge in [-0.15, -0.1) is 0 Å².